The van der Waals surface area contributed by atoms with Crippen LogP contribution in [0.2, 0.25) is 0 Å². The first-order valence-corrected chi connectivity index (χ1v) is 3.33. The summed E-state index contributed by atoms with van der Waals surface area (Å²) in [6, 6.07) is 7.73. The maximum atomic E-state index is 5.40. The predicted molar refractivity (Wildman–Crippen MR) is 42.9 cm³/mol. The van der Waals surface area contributed by atoms with Crippen LogP contribution in [0.25, 0.3) is 10.9 Å². The second-order valence-electron chi connectivity index (χ2n) is 2.29. The van der Waals surface area contributed by atoms with E-state index in [2.05, 4.69) is 9.97 Å². The molecule has 52 valence electrons. The minimum absolute atomic E-state index is 0.323. The molecule has 0 aliphatic heterocycles. The minimum Gasteiger partial charge on any atom is -0.240 e. The molecule has 11 heavy (non-hydrogen) atoms. The predicted octanol–water partition coefficient (Wildman–Crippen LogP) is 1.69. The number of aromatic nitrogens is 2. The van der Waals surface area contributed by atoms with E-state index in [1.165, 1.54) is 0 Å². The van der Waals surface area contributed by atoms with E-state index in [1.54, 1.807) is 6.20 Å². The summed E-state index contributed by atoms with van der Waals surface area (Å²) in [6.07, 6.45) is 1.72. The Labute approximate surface area is 64.9 Å². The van der Waals surface area contributed by atoms with Crippen molar-refractivity contribution in [2.45, 2.75) is 0 Å². The van der Waals surface area contributed by atoms with Crippen LogP contribution >= 0.6 is 0 Å². The highest BCUT2D eigenvalue weighted by atomic mass is 14.9. The summed E-state index contributed by atoms with van der Waals surface area (Å²) in [5, 5.41) is 1.02. The molecule has 2 aromatic rings. The van der Waals surface area contributed by atoms with Crippen molar-refractivity contribution in [1.29, 1.82) is 0 Å². The van der Waals surface area contributed by atoms with Crippen LogP contribution in [0.15, 0.2) is 30.5 Å². The zero-order valence-electron chi connectivity index (χ0n) is 5.86. The first-order chi connectivity index (χ1) is 5.36. The zero-order valence-corrected chi connectivity index (χ0v) is 5.86. The van der Waals surface area contributed by atoms with E-state index in [9.17, 15) is 0 Å². The van der Waals surface area contributed by atoms with Crippen LogP contribution in [0.3, 0.4) is 0 Å². The molecular formula is C9H6N2. The Balaban J connectivity index is 2.83. The van der Waals surface area contributed by atoms with Crippen LogP contribution in [-0.2, 0) is 0 Å². The molecule has 2 heteroatoms. The van der Waals surface area contributed by atoms with Crippen LogP contribution < -0.4 is 0 Å². The number of nitrogens with zero attached hydrogens (tertiary/aromatic N) is 2. The van der Waals surface area contributed by atoms with Gasteiger partial charge >= 0.3 is 0 Å². The molecule has 0 aliphatic carbocycles. The van der Waals surface area contributed by atoms with E-state index in [0.29, 0.717) is 5.82 Å². The summed E-state index contributed by atoms with van der Waals surface area (Å²) < 4.78 is 0. The lowest BCUT2D eigenvalue weighted by Gasteiger charge is -1.94. The average Bonchev–Trinajstić information content (AvgIpc) is 2.04. The molecule has 0 bridgehead atoms. The summed E-state index contributed by atoms with van der Waals surface area (Å²) >= 11 is 0. The normalized spacial score (nSPS) is 10.3. The van der Waals surface area contributed by atoms with Crippen LogP contribution in [0.1, 0.15) is 5.82 Å². The molecule has 1 heterocycles. The monoisotopic (exact) mass is 142 g/mol. The van der Waals surface area contributed by atoms with Gasteiger partial charge in [0, 0.05) is 18.5 Å². The fourth-order valence-corrected chi connectivity index (χ4v) is 0.986. The van der Waals surface area contributed by atoms with Crippen molar-refractivity contribution in [2.75, 3.05) is 0 Å². The van der Waals surface area contributed by atoms with Gasteiger partial charge in [0.25, 0.3) is 0 Å². The molecule has 0 atom stereocenters. The number of hydrogen-bond donors (Lipinski definition) is 0. The molecule has 1 aromatic heterocycles. The van der Waals surface area contributed by atoms with Crippen molar-refractivity contribution < 1.29 is 0 Å². The molecular weight excluding hydrogens is 136 g/mol. The number of hydrogen-bond acceptors (Lipinski definition) is 2. The van der Waals surface area contributed by atoms with Crippen molar-refractivity contribution >= 4 is 10.9 Å². The van der Waals surface area contributed by atoms with Gasteiger partial charge < -0.3 is 0 Å². The zero-order chi connectivity index (χ0) is 7.68. The molecule has 0 aliphatic rings. The minimum atomic E-state index is 0.323. The van der Waals surface area contributed by atoms with E-state index in [0.717, 1.165) is 10.9 Å². The quantitative estimate of drug-likeness (QED) is 0.559. The molecule has 0 saturated carbocycles. The number of rotatable bonds is 0. The fourth-order valence-electron chi connectivity index (χ4n) is 0.986. The molecule has 2 radical (unpaired) electrons. The van der Waals surface area contributed by atoms with Crippen molar-refractivity contribution in [1.82, 2.24) is 9.97 Å². The van der Waals surface area contributed by atoms with Crippen molar-refractivity contribution in [3.63, 3.8) is 0 Å². The van der Waals surface area contributed by atoms with E-state index < -0.39 is 0 Å². The Bertz CT molecular complexity index is 382. The van der Waals surface area contributed by atoms with Gasteiger partial charge in [0.1, 0.15) is 5.82 Å². The van der Waals surface area contributed by atoms with Crippen molar-refractivity contribution in [2.24, 2.45) is 0 Å². The van der Waals surface area contributed by atoms with E-state index >= 15 is 0 Å². The van der Waals surface area contributed by atoms with Gasteiger partial charge in [-0.2, -0.15) is 0 Å². The Morgan fingerprint density at radius 1 is 1.18 bits per heavy atom. The molecule has 1 aromatic carbocycles. The lowest BCUT2D eigenvalue weighted by Crippen LogP contribution is -1.86. The Hall–Kier alpha value is -1.44. The van der Waals surface area contributed by atoms with Crippen molar-refractivity contribution in [3.8, 4) is 0 Å². The summed E-state index contributed by atoms with van der Waals surface area (Å²) in [5.74, 6) is 0.323. The molecule has 0 N–H and O–H groups in total. The third kappa shape index (κ3) is 1.07. The maximum Gasteiger partial charge on any atom is 0.133 e. The van der Waals surface area contributed by atoms with E-state index in [1.807, 2.05) is 24.3 Å². The number of para-hydroxylation sites is 1. The van der Waals surface area contributed by atoms with E-state index in [-0.39, 0.29) is 0 Å². The third-order valence-electron chi connectivity index (χ3n) is 1.51. The number of fused-ring (bicyclic) bond motifs is 1. The van der Waals surface area contributed by atoms with Crippen LogP contribution in [-0.4, -0.2) is 9.97 Å². The molecule has 0 saturated heterocycles. The van der Waals surface area contributed by atoms with Gasteiger partial charge in [0.15, 0.2) is 0 Å². The second-order valence-corrected chi connectivity index (χ2v) is 2.29. The highest BCUT2D eigenvalue weighted by Crippen LogP contribution is 2.08. The Morgan fingerprint density at radius 2 is 2.00 bits per heavy atom. The first kappa shape index (κ1) is 6.28. The smallest absolute Gasteiger partial charge is 0.133 e. The fraction of sp³-hybridized carbons (Fsp3) is 0. The lowest BCUT2D eigenvalue weighted by molar-refractivity contribution is 1.16. The second kappa shape index (κ2) is 2.31. The first-order valence-electron chi connectivity index (χ1n) is 3.33. The summed E-state index contributed by atoms with van der Waals surface area (Å²) in [6.45, 7) is 5.40. The van der Waals surface area contributed by atoms with Gasteiger partial charge in [-0.05, 0) is 6.07 Å². The largest absolute Gasteiger partial charge is 0.240 e. The standard InChI is InChI=1S/C9H6N2/c1-7-10-6-8-4-2-3-5-9(8)11-7/h1-6H. The SMILES string of the molecule is [CH]c1ncc2ccccc2n1. The lowest BCUT2D eigenvalue weighted by atomic mass is 10.2. The van der Waals surface area contributed by atoms with Gasteiger partial charge in [0.2, 0.25) is 0 Å². The summed E-state index contributed by atoms with van der Waals surface area (Å²) in [4.78, 5) is 7.92. The highest BCUT2D eigenvalue weighted by molar-refractivity contribution is 5.77. The Morgan fingerprint density at radius 3 is 2.91 bits per heavy atom. The average molecular weight is 142 g/mol. The summed E-state index contributed by atoms with van der Waals surface area (Å²) in [5.41, 5.74) is 0.889. The van der Waals surface area contributed by atoms with Gasteiger partial charge in [0.05, 0.1) is 5.52 Å². The van der Waals surface area contributed by atoms with Crippen LogP contribution in [0.4, 0.5) is 0 Å². The van der Waals surface area contributed by atoms with Crippen molar-refractivity contribution in [3.05, 3.63) is 43.2 Å². The molecule has 0 fully saturated rings. The molecule has 0 spiro atoms. The van der Waals surface area contributed by atoms with Gasteiger partial charge in [-0.3, -0.25) is 0 Å². The Kier molecular flexibility index (Phi) is 1.32. The van der Waals surface area contributed by atoms with Crippen LogP contribution in [0, 0.1) is 6.92 Å². The van der Waals surface area contributed by atoms with E-state index in [4.69, 9.17) is 6.92 Å². The highest BCUT2D eigenvalue weighted by Gasteiger charge is 1.92. The topological polar surface area (TPSA) is 25.8 Å². The molecule has 2 rings (SSSR count). The van der Waals surface area contributed by atoms with Gasteiger partial charge in [-0.15, -0.1) is 0 Å². The molecule has 0 amide bonds. The molecule has 0 unspecified atom stereocenters. The maximum absolute atomic E-state index is 5.40. The third-order valence-corrected chi connectivity index (χ3v) is 1.51. The summed E-state index contributed by atoms with van der Waals surface area (Å²) in [7, 11) is 0. The van der Waals surface area contributed by atoms with Gasteiger partial charge in [-0.25, -0.2) is 9.97 Å². The molecule has 2 nitrogen and oxygen atoms in total. The number of benzene rings is 1. The van der Waals surface area contributed by atoms with Gasteiger partial charge in [-0.1, -0.05) is 18.2 Å². The van der Waals surface area contributed by atoms with Crippen LogP contribution in [0.5, 0.6) is 0 Å².